The lowest BCUT2D eigenvalue weighted by molar-refractivity contribution is -0.150. The van der Waals surface area contributed by atoms with Gasteiger partial charge in [-0.3, -0.25) is 0 Å². The van der Waals surface area contributed by atoms with Crippen molar-refractivity contribution in [1.29, 1.82) is 0 Å². The Hall–Kier alpha value is 0.0569. The molecule has 3 atom stereocenters. The van der Waals surface area contributed by atoms with E-state index in [1.807, 2.05) is 13.8 Å². The predicted molar refractivity (Wildman–Crippen MR) is 111 cm³/mol. The predicted octanol–water partition coefficient (Wildman–Crippen LogP) is 5.64. The maximum absolute atomic E-state index is 9.68. The van der Waals surface area contributed by atoms with Crippen LogP contribution in [0.3, 0.4) is 0 Å². The first-order valence-corrected chi connectivity index (χ1v) is 13.5. The maximum atomic E-state index is 9.68. The fraction of sp³-hybridized carbons (Fsp3) is 1.00. The van der Waals surface area contributed by atoms with Crippen LogP contribution < -0.4 is 0 Å². The van der Waals surface area contributed by atoms with Crippen LogP contribution in [0, 0.1) is 0 Å². The minimum Gasteiger partial charge on any atom is -0.414 e. The number of hydrogen-bond donors (Lipinski definition) is 1. The molecule has 1 fully saturated rings. The van der Waals surface area contributed by atoms with Crippen LogP contribution in [0.1, 0.15) is 86.5 Å². The Bertz CT molecular complexity index is 403. The molecule has 156 valence electrons. The van der Waals surface area contributed by atoms with Crippen molar-refractivity contribution >= 4 is 8.32 Å². The summed E-state index contributed by atoms with van der Waals surface area (Å²) in [6.45, 7) is 17.6. The van der Waals surface area contributed by atoms with Crippen LogP contribution in [-0.4, -0.2) is 44.1 Å². The Labute approximate surface area is 163 Å². The lowest BCUT2D eigenvalue weighted by Gasteiger charge is -2.40. The minimum absolute atomic E-state index is 0.00257. The zero-order valence-electron chi connectivity index (χ0n) is 18.6. The molecule has 1 aliphatic rings. The van der Waals surface area contributed by atoms with E-state index < -0.39 is 14.1 Å². The number of hydrogen-bond acceptors (Lipinski definition) is 4. The van der Waals surface area contributed by atoms with E-state index in [0.29, 0.717) is 0 Å². The summed E-state index contributed by atoms with van der Waals surface area (Å²) < 4.78 is 18.7. The third-order valence-electron chi connectivity index (χ3n) is 5.86. The van der Waals surface area contributed by atoms with E-state index in [1.54, 1.807) is 0 Å². The van der Waals surface area contributed by atoms with Gasteiger partial charge in [-0.05, 0) is 38.4 Å². The van der Waals surface area contributed by atoms with Gasteiger partial charge in [0.2, 0.25) is 0 Å². The summed E-state index contributed by atoms with van der Waals surface area (Å²) in [5.74, 6) is -0.624. The van der Waals surface area contributed by atoms with E-state index in [4.69, 9.17) is 13.9 Å². The second-order valence-electron chi connectivity index (χ2n) is 9.83. The third-order valence-corrected chi connectivity index (χ3v) is 10.4. The second kappa shape index (κ2) is 10.0. The van der Waals surface area contributed by atoms with Crippen LogP contribution in [0.15, 0.2) is 0 Å². The van der Waals surface area contributed by atoms with E-state index in [2.05, 4.69) is 40.8 Å². The van der Waals surface area contributed by atoms with Crippen LogP contribution in [0.2, 0.25) is 18.1 Å². The Morgan fingerprint density at radius 1 is 1.04 bits per heavy atom. The SMILES string of the molecule is CCCCCCC[C@H](C[C@@H]1OC(C)(C)O[C@@H]1CO)O[Si](C)(C)C(C)(C)C. The first kappa shape index (κ1) is 24.1. The smallest absolute Gasteiger partial charge is 0.192 e. The lowest BCUT2D eigenvalue weighted by atomic mass is 10.0. The van der Waals surface area contributed by atoms with Gasteiger partial charge in [0.05, 0.1) is 12.7 Å². The van der Waals surface area contributed by atoms with E-state index in [0.717, 1.165) is 12.8 Å². The van der Waals surface area contributed by atoms with Gasteiger partial charge in [0.1, 0.15) is 6.10 Å². The van der Waals surface area contributed by atoms with Crippen LogP contribution in [0.4, 0.5) is 0 Å². The van der Waals surface area contributed by atoms with Gasteiger partial charge in [-0.2, -0.15) is 0 Å². The molecule has 0 spiro atoms. The van der Waals surface area contributed by atoms with E-state index in [-0.39, 0.29) is 30.0 Å². The molecular weight excluding hydrogens is 344 g/mol. The fourth-order valence-electron chi connectivity index (χ4n) is 3.32. The topological polar surface area (TPSA) is 47.9 Å². The molecule has 0 saturated carbocycles. The zero-order chi connectivity index (χ0) is 20.0. The summed E-state index contributed by atoms with van der Waals surface area (Å²) in [5.41, 5.74) is 0. The molecule has 0 aromatic heterocycles. The Balaban J connectivity index is 2.73. The molecule has 0 aromatic carbocycles. The summed E-state index contributed by atoms with van der Waals surface area (Å²) in [6.07, 6.45) is 8.04. The second-order valence-corrected chi connectivity index (χ2v) is 14.6. The number of aliphatic hydroxyl groups excluding tert-OH is 1. The average Bonchev–Trinajstić information content (AvgIpc) is 2.79. The van der Waals surface area contributed by atoms with Crippen LogP contribution >= 0.6 is 0 Å². The molecule has 1 rings (SSSR count). The molecule has 5 heteroatoms. The molecule has 0 radical (unpaired) electrons. The summed E-state index contributed by atoms with van der Waals surface area (Å²) in [5, 5.41) is 9.87. The van der Waals surface area contributed by atoms with Crippen LogP contribution in [-0.2, 0) is 13.9 Å². The van der Waals surface area contributed by atoms with Crippen molar-refractivity contribution in [3.63, 3.8) is 0 Å². The first-order valence-electron chi connectivity index (χ1n) is 10.6. The number of unbranched alkanes of at least 4 members (excludes halogenated alkanes) is 4. The molecule has 0 bridgehead atoms. The molecule has 1 N–H and O–H groups in total. The Morgan fingerprint density at radius 3 is 2.15 bits per heavy atom. The summed E-state index contributed by atoms with van der Waals surface area (Å²) in [6, 6.07) is 0. The van der Waals surface area contributed by atoms with Gasteiger partial charge in [-0.25, -0.2) is 0 Å². The first-order chi connectivity index (χ1) is 11.9. The largest absolute Gasteiger partial charge is 0.414 e. The average molecular weight is 389 g/mol. The monoisotopic (exact) mass is 388 g/mol. The van der Waals surface area contributed by atoms with Crippen LogP contribution in [0.5, 0.6) is 0 Å². The van der Waals surface area contributed by atoms with Crippen molar-refractivity contribution < 1.29 is 19.0 Å². The van der Waals surface area contributed by atoms with Crippen molar-refractivity contribution in [2.75, 3.05) is 6.61 Å². The molecular formula is C21H44O4Si. The van der Waals surface area contributed by atoms with Crippen molar-refractivity contribution in [3.05, 3.63) is 0 Å². The van der Waals surface area contributed by atoms with E-state index in [1.165, 1.54) is 32.1 Å². The summed E-state index contributed by atoms with van der Waals surface area (Å²) >= 11 is 0. The fourth-order valence-corrected chi connectivity index (χ4v) is 4.72. The maximum Gasteiger partial charge on any atom is 0.192 e. The Morgan fingerprint density at radius 2 is 1.62 bits per heavy atom. The molecule has 1 heterocycles. The number of rotatable bonds is 11. The molecule has 26 heavy (non-hydrogen) atoms. The van der Waals surface area contributed by atoms with Crippen molar-refractivity contribution in [2.24, 2.45) is 0 Å². The standard InChI is InChI=1S/C21H44O4Si/c1-9-10-11-12-13-14-17(25-26(7,8)20(2,3)4)15-18-19(16-22)24-21(5,6)23-18/h17-19,22H,9-16H2,1-8H3/t17-,18+,19-/m1/s1. The highest BCUT2D eigenvalue weighted by molar-refractivity contribution is 6.74. The van der Waals surface area contributed by atoms with E-state index in [9.17, 15) is 5.11 Å². The molecule has 0 unspecified atom stereocenters. The van der Waals surface area contributed by atoms with Gasteiger partial charge in [0, 0.05) is 12.5 Å². The lowest BCUT2D eigenvalue weighted by Crippen LogP contribution is -2.45. The number of aliphatic hydroxyl groups is 1. The van der Waals surface area contributed by atoms with Gasteiger partial charge >= 0.3 is 0 Å². The van der Waals surface area contributed by atoms with Gasteiger partial charge in [0.15, 0.2) is 14.1 Å². The Kier molecular flexibility index (Phi) is 9.28. The summed E-state index contributed by atoms with van der Waals surface area (Å²) in [7, 11) is -1.84. The molecule has 1 saturated heterocycles. The highest BCUT2D eigenvalue weighted by Crippen LogP contribution is 2.39. The highest BCUT2D eigenvalue weighted by Gasteiger charge is 2.44. The van der Waals surface area contributed by atoms with Gasteiger partial charge < -0.3 is 19.0 Å². The number of ether oxygens (including phenoxy) is 2. The molecule has 0 aliphatic carbocycles. The minimum atomic E-state index is -1.84. The summed E-state index contributed by atoms with van der Waals surface area (Å²) in [4.78, 5) is 0. The molecule has 0 aromatic rings. The van der Waals surface area contributed by atoms with Crippen molar-refractivity contribution in [3.8, 4) is 0 Å². The highest BCUT2D eigenvalue weighted by atomic mass is 28.4. The van der Waals surface area contributed by atoms with Gasteiger partial charge in [-0.15, -0.1) is 0 Å². The normalized spacial score (nSPS) is 24.8. The quantitative estimate of drug-likeness (QED) is 0.367. The van der Waals surface area contributed by atoms with Crippen LogP contribution in [0.25, 0.3) is 0 Å². The third kappa shape index (κ3) is 7.59. The molecule has 1 aliphatic heterocycles. The zero-order valence-corrected chi connectivity index (χ0v) is 19.6. The van der Waals surface area contributed by atoms with Crippen molar-refractivity contribution in [1.82, 2.24) is 0 Å². The van der Waals surface area contributed by atoms with Gasteiger partial charge in [0.25, 0.3) is 0 Å². The van der Waals surface area contributed by atoms with Gasteiger partial charge in [-0.1, -0.05) is 59.8 Å². The van der Waals surface area contributed by atoms with E-state index >= 15 is 0 Å². The van der Waals surface area contributed by atoms with Crippen molar-refractivity contribution in [2.45, 2.75) is 129 Å². The molecule has 0 amide bonds. The molecule has 4 nitrogen and oxygen atoms in total.